The number of carbonyl (C=O) groups excluding carboxylic acids is 1. The summed E-state index contributed by atoms with van der Waals surface area (Å²) in [5.41, 5.74) is 2.56. The van der Waals surface area contributed by atoms with Crippen LogP contribution in [-0.2, 0) is 4.79 Å². The lowest BCUT2D eigenvalue weighted by molar-refractivity contribution is -0.141. The van der Waals surface area contributed by atoms with E-state index in [2.05, 4.69) is 15.3 Å². The van der Waals surface area contributed by atoms with Gasteiger partial charge in [-0.15, -0.1) is 0 Å². The number of amides is 1. The summed E-state index contributed by atoms with van der Waals surface area (Å²) in [4.78, 5) is 32.4. The van der Waals surface area contributed by atoms with Gasteiger partial charge in [-0.25, -0.2) is 9.78 Å². The van der Waals surface area contributed by atoms with E-state index in [0.717, 1.165) is 16.3 Å². The second-order valence-corrected chi connectivity index (χ2v) is 7.55. The van der Waals surface area contributed by atoms with Gasteiger partial charge in [0, 0.05) is 21.9 Å². The third-order valence-corrected chi connectivity index (χ3v) is 5.43. The number of rotatable bonds is 7. The molecule has 33 heavy (non-hydrogen) atoms. The first kappa shape index (κ1) is 22.1. The SMILES string of the molecule is COc1ccc(OC)c(-c2nc(C(=O)NC(C(=O)O)C(C)O)cc3c2[nH]c2ccccc23)c1. The van der Waals surface area contributed by atoms with Gasteiger partial charge in [0.15, 0.2) is 6.04 Å². The number of benzene rings is 2. The number of ether oxygens (including phenoxy) is 2. The first-order chi connectivity index (χ1) is 15.8. The van der Waals surface area contributed by atoms with Crippen LogP contribution in [0.5, 0.6) is 11.5 Å². The Morgan fingerprint density at radius 2 is 1.82 bits per heavy atom. The van der Waals surface area contributed by atoms with Crippen LogP contribution >= 0.6 is 0 Å². The van der Waals surface area contributed by atoms with Gasteiger partial charge in [0.2, 0.25) is 0 Å². The van der Waals surface area contributed by atoms with Crippen LogP contribution in [0.25, 0.3) is 33.1 Å². The molecule has 4 N–H and O–H groups in total. The normalized spacial score (nSPS) is 13.0. The van der Waals surface area contributed by atoms with Crippen molar-refractivity contribution in [1.82, 2.24) is 15.3 Å². The van der Waals surface area contributed by atoms with Crippen molar-refractivity contribution < 1.29 is 29.3 Å². The van der Waals surface area contributed by atoms with Crippen LogP contribution < -0.4 is 14.8 Å². The van der Waals surface area contributed by atoms with Crippen LogP contribution in [0, 0.1) is 0 Å². The zero-order valence-corrected chi connectivity index (χ0v) is 18.2. The van der Waals surface area contributed by atoms with Gasteiger partial charge >= 0.3 is 5.97 Å². The Balaban J connectivity index is 1.97. The third-order valence-electron chi connectivity index (χ3n) is 5.43. The highest BCUT2D eigenvalue weighted by molar-refractivity contribution is 6.13. The Kier molecular flexibility index (Phi) is 5.89. The van der Waals surface area contributed by atoms with Crippen LogP contribution in [0.2, 0.25) is 0 Å². The predicted molar refractivity (Wildman–Crippen MR) is 123 cm³/mol. The number of aromatic nitrogens is 2. The molecule has 2 aromatic carbocycles. The average Bonchev–Trinajstić information content (AvgIpc) is 3.19. The van der Waals surface area contributed by atoms with E-state index >= 15 is 0 Å². The number of aliphatic hydroxyl groups is 1. The van der Waals surface area contributed by atoms with Crippen molar-refractivity contribution in [3.63, 3.8) is 0 Å². The first-order valence-corrected chi connectivity index (χ1v) is 10.2. The monoisotopic (exact) mass is 449 g/mol. The van der Waals surface area contributed by atoms with Crippen molar-refractivity contribution in [1.29, 1.82) is 0 Å². The molecule has 0 spiro atoms. The molecule has 0 fully saturated rings. The number of aliphatic hydroxyl groups excluding tert-OH is 1. The Bertz CT molecular complexity index is 1360. The van der Waals surface area contributed by atoms with Gasteiger partial charge in [0.25, 0.3) is 5.91 Å². The highest BCUT2D eigenvalue weighted by atomic mass is 16.5. The lowest BCUT2D eigenvalue weighted by atomic mass is 10.0. The third kappa shape index (κ3) is 4.06. The fraction of sp³-hybridized carbons (Fsp3) is 0.208. The minimum atomic E-state index is -1.48. The lowest BCUT2D eigenvalue weighted by Gasteiger charge is -2.17. The average molecular weight is 449 g/mol. The van der Waals surface area contributed by atoms with E-state index in [4.69, 9.17) is 9.47 Å². The largest absolute Gasteiger partial charge is 0.497 e. The number of para-hydroxylation sites is 1. The molecule has 0 radical (unpaired) electrons. The van der Waals surface area contributed by atoms with Crippen molar-refractivity contribution in [3.05, 3.63) is 54.2 Å². The number of carbonyl (C=O) groups is 2. The van der Waals surface area contributed by atoms with E-state index in [1.165, 1.54) is 14.0 Å². The molecule has 2 heterocycles. The van der Waals surface area contributed by atoms with Gasteiger partial charge in [-0.2, -0.15) is 0 Å². The summed E-state index contributed by atoms with van der Waals surface area (Å²) in [7, 11) is 3.08. The maximum Gasteiger partial charge on any atom is 0.328 e. The number of aliphatic carboxylic acids is 1. The fourth-order valence-electron chi connectivity index (χ4n) is 3.76. The highest BCUT2D eigenvalue weighted by Crippen LogP contribution is 2.38. The van der Waals surface area contributed by atoms with Gasteiger partial charge in [-0.1, -0.05) is 18.2 Å². The van der Waals surface area contributed by atoms with E-state index in [0.29, 0.717) is 28.3 Å². The van der Waals surface area contributed by atoms with Crippen molar-refractivity contribution in [2.24, 2.45) is 0 Å². The summed E-state index contributed by atoms with van der Waals surface area (Å²) in [6, 6.07) is 13.0. The number of carboxylic acid groups (broad SMARTS) is 1. The molecule has 2 atom stereocenters. The Morgan fingerprint density at radius 3 is 2.48 bits per heavy atom. The summed E-state index contributed by atoms with van der Waals surface area (Å²) < 4.78 is 10.9. The van der Waals surface area contributed by atoms with Crippen LogP contribution in [0.4, 0.5) is 0 Å². The second kappa shape index (κ2) is 8.79. The smallest absolute Gasteiger partial charge is 0.328 e. The van der Waals surface area contributed by atoms with E-state index in [1.807, 2.05) is 24.3 Å². The van der Waals surface area contributed by atoms with Crippen LogP contribution in [0.15, 0.2) is 48.5 Å². The maximum absolute atomic E-state index is 13.0. The number of fused-ring (bicyclic) bond motifs is 3. The van der Waals surface area contributed by atoms with Gasteiger partial charge in [0.05, 0.1) is 31.5 Å². The molecule has 170 valence electrons. The molecule has 0 saturated carbocycles. The molecular formula is C24H23N3O6. The molecule has 9 heteroatoms. The number of hydrogen-bond donors (Lipinski definition) is 4. The molecule has 4 rings (SSSR count). The number of carboxylic acids is 1. The fourth-order valence-corrected chi connectivity index (χ4v) is 3.76. The van der Waals surface area contributed by atoms with Gasteiger partial charge < -0.3 is 30.0 Å². The Labute approximate surface area is 189 Å². The topological polar surface area (TPSA) is 134 Å². The summed E-state index contributed by atoms with van der Waals surface area (Å²) in [6.45, 7) is 1.29. The summed E-state index contributed by atoms with van der Waals surface area (Å²) in [5.74, 6) is -0.972. The minimum absolute atomic E-state index is 0.000902. The summed E-state index contributed by atoms with van der Waals surface area (Å²) in [6.07, 6.45) is -1.29. The maximum atomic E-state index is 13.0. The molecule has 2 aromatic heterocycles. The van der Waals surface area contributed by atoms with E-state index in [1.54, 1.807) is 31.4 Å². The van der Waals surface area contributed by atoms with E-state index < -0.39 is 24.0 Å². The molecule has 0 saturated heterocycles. The van der Waals surface area contributed by atoms with Crippen LogP contribution in [-0.4, -0.2) is 58.4 Å². The Hall–Kier alpha value is -4.11. The number of pyridine rings is 1. The van der Waals surface area contributed by atoms with E-state index in [-0.39, 0.29) is 5.69 Å². The summed E-state index contributed by atoms with van der Waals surface area (Å²) >= 11 is 0. The zero-order valence-electron chi connectivity index (χ0n) is 18.2. The minimum Gasteiger partial charge on any atom is -0.497 e. The standard InChI is InChI=1S/C24H23N3O6/c1-12(28)20(24(30)31)27-23(29)18-11-15-14-6-4-5-7-17(14)25-21(15)22(26-18)16-10-13(32-2)8-9-19(16)33-3/h4-12,20,25,28H,1-3H3,(H,27,29)(H,30,31). The first-order valence-electron chi connectivity index (χ1n) is 10.2. The number of hydrogen-bond acceptors (Lipinski definition) is 6. The van der Waals surface area contributed by atoms with Crippen LogP contribution in [0.3, 0.4) is 0 Å². The van der Waals surface area contributed by atoms with Crippen molar-refractivity contribution in [2.45, 2.75) is 19.1 Å². The highest BCUT2D eigenvalue weighted by Gasteiger charge is 2.27. The molecule has 1 amide bonds. The molecule has 2 unspecified atom stereocenters. The molecule has 0 aliphatic rings. The van der Waals surface area contributed by atoms with Crippen molar-refractivity contribution >= 4 is 33.7 Å². The van der Waals surface area contributed by atoms with Gasteiger partial charge in [0.1, 0.15) is 17.2 Å². The number of aromatic amines is 1. The second-order valence-electron chi connectivity index (χ2n) is 7.55. The van der Waals surface area contributed by atoms with Crippen molar-refractivity contribution in [3.8, 4) is 22.8 Å². The molecule has 0 aliphatic carbocycles. The molecule has 4 aromatic rings. The zero-order chi connectivity index (χ0) is 23.7. The predicted octanol–water partition coefficient (Wildman–Crippen LogP) is 2.96. The molecular weight excluding hydrogens is 426 g/mol. The summed E-state index contributed by atoms with van der Waals surface area (Å²) in [5, 5.41) is 23.1. The van der Waals surface area contributed by atoms with Gasteiger partial charge in [-0.05, 0) is 37.3 Å². The molecule has 0 bridgehead atoms. The lowest BCUT2D eigenvalue weighted by Crippen LogP contribution is -2.47. The van der Waals surface area contributed by atoms with Gasteiger partial charge in [-0.3, -0.25) is 4.79 Å². The van der Waals surface area contributed by atoms with E-state index in [9.17, 15) is 19.8 Å². The van der Waals surface area contributed by atoms with Crippen molar-refractivity contribution in [2.75, 3.05) is 14.2 Å². The molecule has 9 nitrogen and oxygen atoms in total. The number of H-pyrrole nitrogens is 1. The Morgan fingerprint density at radius 1 is 1.06 bits per heavy atom. The number of nitrogens with one attached hydrogen (secondary N) is 2. The molecule has 0 aliphatic heterocycles. The number of nitrogens with zero attached hydrogens (tertiary/aromatic N) is 1. The van der Waals surface area contributed by atoms with Crippen LogP contribution in [0.1, 0.15) is 17.4 Å². The number of methoxy groups -OCH3 is 2. The quantitative estimate of drug-likeness (QED) is 0.341.